The maximum Gasteiger partial charge on any atom is 0.257 e. The summed E-state index contributed by atoms with van der Waals surface area (Å²) in [7, 11) is 1.79. The van der Waals surface area contributed by atoms with E-state index in [1.807, 2.05) is 38.1 Å². The van der Waals surface area contributed by atoms with E-state index in [9.17, 15) is 4.79 Å². The minimum Gasteiger partial charge on any atom is -0.491 e. The first-order valence-electron chi connectivity index (χ1n) is 11.1. The molecule has 174 valence electrons. The van der Waals surface area contributed by atoms with E-state index in [2.05, 4.69) is 29.7 Å². The third kappa shape index (κ3) is 5.53. The van der Waals surface area contributed by atoms with Crippen LogP contribution in [0.15, 0.2) is 54.7 Å². The average molecular weight is 451 g/mol. The number of hydrogen-bond donors (Lipinski definition) is 2. The van der Waals surface area contributed by atoms with Gasteiger partial charge in [-0.25, -0.2) is 0 Å². The summed E-state index contributed by atoms with van der Waals surface area (Å²) >= 11 is 0. The monoisotopic (exact) mass is 450 g/mol. The Hall–Kier alpha value is -3.36. The van der Waals surface area contributed by atoms with Crippen molar-refractivity contribution in [2.75, 3.05) is 5.32 Å². The summed E-state index contributed by atoms with van der Waals surface area (Å²) in [6.07, 6.45) is 1.82. The summed E-state index contributed by atoms with van der Waals surface area (Å²) in [5.41, 5.74) is 4.64. The number of aromatic nitrogens is 2. The van der Waals surface area contributed by atoms with Gasteiger partial charge in [-0.1, -0.05) is 12.1 Å². The van der Waals surface area contributed by atoms with Gasteiger partial charge in [0, 0.05) is 42.9 Å². The van der Waals surface area contributed by atoms with Crippen molar-refractivity contribution in [1.82, 2.24) is 15.3 Å². The van der Waals surface area contributed by atoms with Crippen LogP contribution >= 0.6 is 0 Å². The number of hydrogen-bond acceptors (Lipinski definition) is 6. The van der Waals surface area contributed by atoms with Crippen molar-refractivity contribution in [2.24, 2.45) is 7.05 Å². The third-order valence-electron chi connectivity index (χ3n) is 5.45. The van der Waals surface area contributed by atoms with Gasteiger partial charge in [0.15, 0.2) is 5.82 Å². The van der Waals surface area contributed by atoms with E-state index in [1.54, 1.807) is 42.2 Å². The van der Waals surface area contributed by atoms with Gasteiger partial charge in [0.2, 0.25) is 0 Å². The van der Waals surface area contributed by atoms with Gasteiger partial charge >= 0.3 is 0 Å². The molecule has 2 aromatic carbocycles. The molecule has 0 saturated carbocycles. The second kappa shape index (κ2) is 9.64. The van der Waals surface area contributed by atoms with Crippen LogP contribution in [0.2, 0.25) is 0 Å². The van der Waals surface area contributed by atoms with Gasteiger partial charge in [0.05, 0.1) is 12.2 Å². The van der Waals surface area contributed by atoms with Crippen LogP contribution in [0.25, 0.3) is 0 Å². The number of carbonyl (C=O) groups excluding carboxylic acids is 1. The first-order valence-corrected chi connectivity index (χ1v) is 11.1. The fourth-order valence-electron chi connectivity index (χ4n) is 3.99. The van der Waals surface area contributed by atoms with Crippen molar-refractivity contribution in [1.29, 1.82) is 0 Å². The highest BCUT2D eigenvalue weighted by atomic mass is 16.7. The Morgan fingerprint density at radius 3 is 2.42 bits per heavy atom. The molecule has 1 saturated heterocycles. The Kier molecular flexibility index (Phi) is 6.67. The van der Waals surface area contributed by atoms with Gasteiger partial charge in [-0.05, 0) is 57.5 Å². The Morgan fingerprint density at radius 2 is 1.82 bits per heavy atom. The van der Waals surface area contributed by atoms with Crippen LogP contribution in [0, 0.1) is 0 Å². The van der Waals surface area contributed by atoms with Crippen molar-refractivity contribution in [3.8, 4) is 17.2 Å². The second-order valence-electron chi connectivity index (χ2n) is 8.61. The third-order valence-corrected chi connectivity index (χ3v) is 5.45. The highest BCUT2D eigenvalue weighted by Crippen LogP contribution is 2.33. The molecule has 1 amide bonds. The number of benzene rings is 2. The number of amides is 1. The molecule has 0 spiro atoms. The van der Waals surface area contributed by atoms with E-state index in [0.717, 1.165) is 0 Å². The van der Waals surface area contributed by atoms with Crippen molar-refractivity contribution in [3.05, 3.63) is 65.9 Å². The Labute approximate surface area is 193 Å². The summed E-state index contributed by atoms with van der Waals surface area (Å²) in [5, 5.41) is 7.00. The van der Waals surface area contributed by atoms with Crippen molar-refractivity contribution in [2.45, 2.75) is 51.9 Å². The van der Waals surface area contributed by atoms with Crippen LogP contribution in [0.4, 0.5) is 5.82 Å². The van der Waals surface area contributed by atoms with Crippen LogP contribution in [-0.2, 0) is 11.9 Å². The first-order chi connectivity index (χ1) is 15.8. The largest absolute Gasteiger partial charge is 0.491 e. The van der Waals surface area contributed by atoms with Crippen molar-refractivity contribution < 1.29 is 19.1 Å². The molecule has 4 rings (SSSR count). The number of hydroxylamine groups is 1. The van der Waals surface area contributed by atoms with Crippen LogP contribution in [0.5, 0.6) is 17.2 Å². The highest BCUT2D eigenvalue weighted by Gasteiger charge is 2.32. The first kappa shape index (κ1) is 22.8. The molecule has 1 aromatic heterocycles. The van der Waals surface area contributed by atoms with Gasteiger partial charge < -0.3 is 14.8 Å². The zero-order valence-corrected chi connectivity index (χ0v) is 19.5. The molecule has 0 aliphatic carbocycles. The Balaban J connectivity index is 1.54. The standard InChI is InChI=1S/C25H30N4O4/c1-15(2)31-21-12-19(25(30)26-23-10-11-29(5)27-23)13-22(14-21)32-20-8-6-18(7-9-20)24-16(3)28-33-17(24)4/h6-17,24,28H,1-5H3,(H,26,27,30). The van der Waals surface area contributed by atoms with E-state index in [4.69, 9.17) is 14.3 Å². The topological polar surface area (TPSA) is 86.6 Å². The molecule has 3 aromatic rings. The van der Waals surface area contributed by atoms with E-state index in [1.165, 1.54) is 5.56 Å². The molecule has 1 aliphatic rings. The summed E-state index contributed by atoms with van der Waals surface area (Å²) in [5.74, 6) is 2.19. The quantitative estimate of drug-likeness (QED) is 0.545. The number of nitrogens with one attached hydrogen (secondary N) is 2. The van der Waals surface area contributed by atoms with Crippen LogP contribution in [0.1, 0.15) is 49.5 Å². The number of nitrogens with zero attached hydrogens (tertiary/aromatic N) is 2. The molecule has 8 heteroatoms. The molecule has 0 radical (unpaired) electrons. The van der Waals surface area contributed by atoms with Gasteiger partial charge in [0.1, 0.15) is 17.2 Å². The summed E-state index contributed by atoms with van der Waals surface area (Å²) < 4.78 is 13.6. The van der Waals surface area contributed by atoms with Crippen LogP contribution in [0.3, 0.4) is 0 Å². The normalized spacial score (nSPS) is 20.1. The Morgan fingerprint density at radius 1 is 1.09 bits per heavy atom. The maximum absolute atomic E-state index is 12.8. The SMILES string of the molecule is CC(C)Oc1cc(Oc2ccc(C3C(C)NOC3C)cc2)cc(C(=O)Nc2ccn(C)n2)c1. The average Bonchev–Trinajstić information content (AvgIpc) is 3.32. The Bertz CT molecular complexity index is 1100. The summed E-state index contributed by atoms with van der Waals surface area (Å²) in [6, 6.07) is 15.1. The molecule has 3 unspecified atom stereocenters. The number of rotatable bonds is 7. The molecule has 2 N–H and O–H groups in total. The highest BCUT2D eigenvalue weighted by molar-refractivity contribution is 6.04. The smallest absolute Gasteiger partial charge is 0.257 e. The van der Waals surface area contributed by atoms with E-state index < -0.39 is 0 Å². The van der Waals surface area contributed by atoms with E-state index in [-0.39, 0.29) is 30.1 Å². The number of carbonyl (C=O) groups is 1. The predicted octanol–water partition coefficient (Wildman–Crippen LogP) is 4.65. The molecule has 8 nitrogen and oxygen atoms in total. The predicted molar refractivity (Wildman–Crippen MR) is 126 cm³/mol. The molecule has 33 heavy (non-hydrogen) atoms. The lowest BCUT2D eigenvalue weighted by Crippen LogP contribution is -2.21. The zero-order valence-electron chi connectivity index (χ0n) is 19.5. The number of anilines is 1. The zero-order chi connectivity index (χ0) is 23.5. The lowest BCUT2D eigenvalue weighted by atomic mass is 9.89. The van der Waals surface area contributed by atoms with Crippen LogP contribution < -0.4 is 20.3 Å². The van der Waals surface area contributed by atoms with Crippen LogP contribution in [-0.4, -0.2) is 33.9 Å². The van der Waals surface area contributed by atoms with Gasteiger partial charge in [-0.2, -0.15) is 10.6 Å². The molecule has 1 aliphatic heterocycles. The van der Waals surface area contributed by atoms with E-state index in [0.29, 0.717) is 28.6 Å². The molecular formula is C25H30N4O4. The second-order valence-corrected chi connectivity index (χ2v) is 8.61. The molecule has 0 bridgehead atoms. The fraction of sp³-hybridized carbons (Fsp3) is 0.360. The fourth-order valence-corrected chi connectivity index (χ4v) is 3.99. The maximum atomic E-state index is 12.8. The van der Waals surface area contributed by atoms with E-state index >= 15 is 0 Å². The lowest BCUT2D eigenvalue weighted by Gasteiger charge is -2.17. The summed E-state index contributed by atoms with van der Waals surface area (Å²) in [6.45, 7) is 8.03. The molecule has 3 atom stereocenters. The number of ether oxygens (including phenoxy) is 2. The molecule has 1 fully saturated rings. The van der Waals surface area contributed by atoms with Gasteiger partial charge in [-0.3, -0.25) is 14.3 Å². The minimum atomic E-state index is -0.292. The molecule has 2 heterocycles. The molecular weight excluding hydrogens is 420 g/mol. The minimum absolute atomic E-state index is 0.0440. The van der Waals surface area contributed by atoms with Crippen molar-refractivity contribution >= 4 is 11.7 Å². The van der Waals surface area contributed by atoms with Crippen molar-refractivity contribution in [3.63, 3.8) is 0 Å². The summed E-state index contributed by atoms with van der Waals surface area (Å²) in [4.78, 5) is 18.4. The lowest BCUT2D eigenvalue weighted by molar-refractivity contribution is 0.0354. The number of aryl methyl sites for hydroxylation is 1. The van der Waals surface area contributed by atoms with Gasteiger partial charge in [0.25, 0.3) is 5.91 Å². The van der Waals surface area contributed by atoms with Gasteiger partial charge in [-0.15, -0.1) is 0 Å².